The highest BCUT2D eigenvalue weighted by Gasteiger charge is 2.15. The van der Waals surface area contributed by atoms with Crippen LogP contribution in [0.5, 0.6) is 5.75 Å². The Labute approximate surface area is 123 Å². The quantitative estimate of drug-likeness (QED) is 0.797. The molecule has 0 unspecified atom stereocenters. The number of halogens is 3. The molecule has 0 heterocycles. The molecule has 0 aliphatic rings. The fourth-order valence-corrected chi connectivity index (χ4v) is 2.09. The monoisotopic (exact) mass is 307 g/mol. The van der Waals surface area contributed by atoms with Crippen LogP contribution < -0.4 is 4.74 Å². The van der Waals surface area contributed by atoms with Gasteiger partial charge in [-0.1, -0.05) is 11.6 Å². The molecule has 0 aliphatic carbocycles. The Kier molecular flexibility index (Phi) is 7.19. The summed E-state index contributed by atoms with van der Waals surface area (Å²) in [6, 6.07) is 4.83. The smallest absolute Gasteiger partial charge is 0.387 e. The first-order valence-electron chi connectivity index (χ1n) is 6.52. The van der Waals surface area contributed by atoms with Gasteiger partial charge in [0.1, 0.15) is 5.75 Å². The normalized spacial score (nSPS) is 11.7. The molecular formula is C14H20ClF2NO2. The standard InChI is InChI=1S/C14H20ClF2NO2/c1-10(2)18(6-3-7-19)9-11-8-12(15)4-5-13(11)20-14(16)17/h4-5,8,10,14,19H,3,6-7,9H2,1-2H3. The van der Waals surface area contributed by atoms with Crippen molar-refractivity contribution in [2.75, 3.05) is 13.2 Å². The van der Waals surface area contributed by atoms with Crippen LogP contribution in [0.4, 0.5) is 8.78 Å². The third-order valence-corrected chi connectivity index (χ3v) is 3.18. The third kappa shape index (κ3) is 5.61. The van der Waals surface area contributed by atoms with Crippen LogP contribution in [0, 0.1) is 0 Å². The summed E-state index contributed by atoms with van der Waals surface area (Å²) in [5.41, 5.74) is 0.615. The Morgan fingerprint density at radius 1 is 1.35 bits per heavy atom. The minimum absolute atomic E-state index is 0.0964. The van der Waals surface area contributed by atoms with E-state index in [0.717, 1.165) is 0 Å². The van der Waals surface area contributed by atoms with E-state index < -0.39 is 6.61 Å². The molecule has 0 fully saturated rings. The molecule has 3 nitrogen and oxygen atoms in total. The Morgan fingerprint density at radius 3 is 2.60 bits per heavy atom. The lowest BCUT2D eigenvalue weighted by Crippen LogP contribution is -2.32. The van der Waals surface area contributed by atoms with Gasteiger partial charge in [-0.05, 0) is 38.5 Å². The summed E-state index contributed by atoms with van der Waals surface area (Å²) in [6.07, 6.45) is 0.629. The number of benzene rings is 1. The van der Waals surface area contributed by atoms with Crippen molar-refractivity contribution in [2.45, 2.75) is 39.5 Å². The Morgan fingerprint density at radius 2 is 2.05 bits per heavy atom. The van der Waals surface area contributed by atoms with Crippen molar-refractivity contribution in [1.82, 2.24) is 4.90 Å². The Hall–Kier alpha value is -0.910. The first-order valence-corrected chi connectivity index (χ1v) is 6.90. The molecule has 0 amide bonds. The van der Waals surface area contributed by atoms with Gasteiger partial charge in [-0.2, -0.15) is 8.78 Å². The highest BCUT2D eigenvalue weighted by atomic mass is 35.5. The molecule has 0 saturated carbocycles. The lowest BCUT2D eigenvalue weighted by molar-refractivity contribution is -0.0508. The van der Waals surface area contributed by atoms with Crippen LogP contribution in [0.25, 0.3) is 0 Å². The Bertz CT molecular complexity index is 416. The van der Waals surface area contributed by atoms with E-state index in [9.17, 15) is 8.78 Å². The Balaban J connectivity index is 2.88. The predicted molar refractivity (Wildman–Crippen MR) is 75.3 cm³/mol. The lowest BCUT2D eigenvalue weighted by atomic mass is 10.1. The third-order valence-electron chi connectivity index (χ3n) is 2.95. The molecule has 0 bridgehead atoms. The number of ether oxygens (including phenoxy) is 1. The summed E-state index contributed by atoms with van der Waals surface area (Å²) in [4.78, 5) is 2.07. The maximum absolute atomic E-state index is 12.4. The van der Waals surface area contributed by atoms with Gasteiger partial charge in [0, 0.05) is 36.3 Å². The highest BCUT2D eigenvalue weighted by molar-refractivity contribution is 6.30. The summed E-state index contributed by atoms with van der Waals surface area (Å²) in [7, 11) is 0. The van der Waals surface area contributed by atoms with Gasteiger partial charge >= 0.3 is 6.61 Å². The molecule has 1 rings (SSSR count). The van der Waals surface area contributed by atoms with Crippen LogP contribution in [0.1, 0.15) is 25.8 Å². The van der Waals surface area contributed by atoms with Crippen LogP contribution in [0.15, 0.2) is 18.2 Å². The summed E-state index contributed by atoms with van der Waals surface area (Å²) < 4.78 is 29.3. The largest absolute Gasteiger partial charge is 0.434 e. The van der Waals surface area contributed by atoms with Crippen LogP contribution in [-0.4, -0.2) is 35.8 Å². The SMILES string of the molecule is CC(C)N(CCCO)Cc1cc(Cl)ccc1OC(F)F. The second-order valence-electron chi connectivity index (χ2n) is 4.77. The zero-order valence-corrected chi connectivity index (χ0v) is 12.4. The van der Waals surface area contributed by atoms with E-state index in [1.165, 1.54) is 12.1 Å². The van der Waals surface area contributed by atoms with E-state index in [1.54, 1.807) is 6.07 Å². The molecule has 20 heavy (non-hydrogen) atoms. The van der Waals surface area contributed by atoms with E-state index in [-0.39, 0.29) is 18.4 Å². The predicted octanol–water partition coefficient (Wildman–Crippen LogP) is 3.53. The zero-order valence-electron chi connectivity index (χ0n) is 11.7. The summed E-state index contributed by atoms with van der Waals surface area (Å²) in [5, 5.41) is 9.39. The van der Waals surface area contributed by atoms with Crippen LogP contribution in [-0.2, 0) is 6.54 Å². The van der Waals surface area contributed by atoms with Gasteiger partial charge in [0.2, 0.25) is 0 Å². The second-order valence-corrected chi connectivity index (χ2v) is 5.21. The maximum atomic E-state index is 12.4. The van der Waals surface area contributed by atoms with Gasteiger partial charge in [0.05, 0.1) is 0 Å². The van der Waals surface area contributed by atoms with Gasteiger partial charge < -0.3 is 9.84 Å². The average Bonchev–Trinajstić information content (AvgIpc) is 2.36. The first-order chi connectivity index (χ1) is 9.43. The zero-order chi connectivity index (χ0) is 15.1. The molecule has 0 saturated heterocycles. The van der Waals surface area contributed by atoms with Crippen molar-refractivity contribution < 1.29 is 18.6 Å². The number of aliphatic hydroxyl groups is 1. The van der Waals surface area contributed by atoms with E-state index in [4.69, 9.17) is 16.7 Å². The minimum atomic E-state index is -2.86. The number of rotatable bonds is 8. The molecule has 0 radical (unpaired) electrons. The molecule has 0 spiro atoms. The molecule has 0 aromatic heterocycles. The number of hydrogen-bond donors (Lipinski definition) is 1. The molecule has 6 heteroatoms. The van der Waals surface area contributed by atoms with E-state index in [2.05, 4.69) is 9.64 Å². The van der Waals surface area contributed by atoms with Crippen molar-refractivity contribution in [3.8, 4) is 5.75 Å². The van der Waals surface area contributed by atoms with Crippen LogP contribution in [0.2, 0.25) is 5.02 Å². The number of hydrogen-bond acceptors (Lipinski definition) is 3. The molecular weight excluding hydrogens is 288 g/mol. The van der Waals surface area contributed by atoms with E-state index in [0.29, 0.717) is 30.1 Å². The van der Waals surface area contributed by atoms with E-state index >= 15 is 0 Å². The molecule has 0 atom stereocenters. The molecule has 1 aromatic rings. The first kappa shape index (κ1) is 17.1. The minimum Gasteiger partial charge on any atom is -0.434 e. The van der Waals surface area contributed by atoms with Gasteiger partial charge in [0.25, 0.3) is 0 Å². The van der Waals surface area contributed by atoms with Gasteiger partial charge in [0.15, 0.2) is 0 Å². The molecule has 1 N–H and O–H groups in total. The van der Waals surface area contributed by atoms with E-state index in [1.807, 2.05) is 13.8 Å². The fraction of sp³-hybridized carbons (Fsp3) is 0.571. The molecule has 1 aromatic carbocycles. The lowest BCUT2D eigenvalue weighted by Gasteiger charge is -2.27. The van der Waals surface area contributed by atoms with Crippen LogP contribution >= 0.6 is 11.6 Å². The number of alkyl halides is 2. The fourth-order valence-electron chi connectivity index (χ4n) is 1.89. The molecule has 114 valence electrons. The van der Waals surface area contributed by atoms with Crippen molar-refractivity contribution >= 4 is 11.6 Å². The maximum Gasteiger partial charge on any atom is 0.387 e. The van der Waals surface area contributed by atoms with Crippen molar-refractivity contribution in [2.24, 2.45) is 0 Å². The average molecular weight is 308 g/mol. The van der Waals surface area contributed by atoms with Gasteiger partial charge in [-0.25, -0.2) is 0 Å². The molecule has 0 aliphatic heterocycles. The van der Waals surface area contributed by atoms with Crippen molar-refractivity contribution in [3.05, 3.63) is 28.8 Å². The van der Waals surface area contributed by atoms with Crippen LogP contribution in [0.3, 0.4) is 0 Å². The summed E-state index contributed by atoms with van der Waals surface area (Å²) in [5.74, 6) is 0.138. The van der Waals surface area contributed by atoms with Gasteiger partial charge in [-0.3, -0.25) is 4.90 Å². The van der Waals surface area contributed by atoms with Crippen molar-refractivity contribution in [1.29, 1.82) is 0 Å². The topological polar surface area (TPSA) is 32.7 Å². The second kappa shape index (κ2) is 8.39. The number of nitrogens with zero attached hydrogens (tertiary/aromatic N) is 1. The number of aliphatic hydroxyl groups excluding tert-OH is 1. The summed E-state index contributed by atoms with van der Waals surface area (Å²) in [6.45, 7) is 2.37. The van der Waals surface area contributed by atoms with Gasteiger partial charge in [-0.15, -0.1) is 0 Å². The van der Waals surface area contributed by atoms with Crippen molar-refractivity contribution in [3.63, 3.8) is 0 Å². The highest BCUT2D eigenvalue weighted by Crippen LogP contribution is 2.26. The summed E-state index contributed by atoms with van der Waals surface area (Å²) >= 11 is 5.92.